The number of ether oxygens (including phenoxy) is 2. The van der Waals surface area contributed by atoms with Gasteiger partial charge < -0.3 is 20.5 Å². The van der Waals surface area contributed by atoms with Gasteiger partial charge in [-0.25, -0.2) is 10.2 Å². The molecule has 0 spiro atoms. The van der Waals surface area contributed by atoms with Crippen LogP contribution in [-0.4, -0.2) is 38.4 Å². The van der Waals surface area contributed by atoms with Gasteiger partial charge in [0.1, 0.15) is 0 Å². The van der Waals surface area contributed by atoms with Crippen LogP contribution in [0.1, 0.15) is 11.1 Å². The molecule has 28 heavy (non-hydrogen) atoms. The van der Waals surface area contributed by atoms with E-state index in [2.05, 4.69) is 31.8 Å². The van der Waals surface area contributed by atoms with Gasteiger partial charge in [-0.2, -0.15) is 5.10 Å². The summed E-state index contributed by atoms with van der Waals surface area (Å²) in [5.41, 5.74) is 8.84. The maximum atomic E-state index is 12.0. The molecule has 3 amide bonds. The Morgan fingerprint density at radius 1 is 1.25 bits per heavy atom. The van der Waals surface area contributed by atoms with Crippen molar-refractivity contribution in [1.29, 1.82) is 0 Å². The molecule has 8 nitrogen and oxygen atoms in total. The number of hydrogen-bond acceptors (Lipinski definition) is 5. The summed E-state index contributed by atoms with van der Waals surface area (Å²) in [6.07, 6.45) is 2.14. The predicted octanol–water partition coefficient (Wildman–Crippen LogP) is 2.20. The highest BCUT2D eigenvalue weighted by molar-refractivity contribution is 9.10. The lowest BCUT2D eigenvalue weighted by Crippen LogP contribution is -2.30. The van der Waals surface area contributed by atoms with Crippen LogP contribution in [0.2, 0.25) is 0 Å². The lowest BCUT2D eigenvalue weighted by atomic mass is 10.1. The van der Waals surface area contributed by atoms with Crippen LogP contribution in [0, 0.1) is 0 Å². The van der Waals surface area contributed by atoms with Crippen LogP contribution < -0.4 is 25.9 Å². The van der Waals surface area contributed by atoms with E-state index in [-0.39, 0.29) is 12.5 Å². The number of nitrogens with two attached hydrogens (primary N) is 1. The van der Waals surface area contributed by atoms with Crippen molar-refractivity contribution in [2.45, 2.75) is 6.42 Å². The van der Waals surface area contributed by atoms with Crippen molar-refractivity contribution in [3.05, 3.63) is 58.1 Å². The van der Waals surface area contributed by atoms with Crippen LogP contribution >= 0.6 is 15.9 Å². The minimum absolute atomic E-state index is 0.152. The van der Waals surface area contributed by atoms with E-state index in [1.54, 1.807) is 12.1 Å². The normalized spacial score (nSPS) is 10.5. The van der Waals surface area contributed by atoms with Gasteiger partial charge in [0, 0.05) is 6.54 Å². The lowest BCUT2D eigenvalue weighted by Gasteiger charge is -2.13. The number of halogens is 1. The number of amides is 3. The van der Waals surface area contributed by atoms with E-state index in [1.807, 2.05) is 30.3 Å². The first-order chi connectivity index (χ1) is 13.5. The minimum atomic E-state index is -0.763. The van der Waals surface area contributed by atoms with E-state index in [9.17, 15) is 9.59 Å². The molecule has 0 radical (unpaired) electrons. The van der Waals surface area contributed by atoms with E-state index >= 15 is 0 Å². The smallest absolute Gasteiger partial charge is 0.332 e. The van der Waals surface area contributed by atoms with Crippen LogP contribution in [0.4, 0.5) is 4.79 Å². The van der Waals surface area contributed by atoms with Gasteiger partial charge in [0.2, 0.25) is 0 Å². The van der Waals surface area contributed by atoms with E-state index in [4.69, 9.17) is 15.2 Å². The van der Waals surface area contributed by atoms with Crippen molar-refractivity contribution >= 4 is 34.1 Å². The Labute approximate surface area is 171 Å². The third-order valence-electron chi connectivity index (χ3n) is 3.57. The molecule has 0 aromatic heterocycles. The highest BCUT2D eigenvalue weighted by Crippen LogP contribution is 2.36. The van der Waals surface area contributed by atoms with Gasteiger partial charge in [-0.3, -0.25) is 4.79 Å². The average molecular weight is 449 g/mol. The van der Waals surface area contributed by atoms with E-state index in [0.29, 0.717) is 28.1 Å². The van der Waals surface area contributed by atoms with Crippen molar-refractivity contribution in [2.75, 3.05) is 20.3 Å². The van der Waals surface area contributed by atoms with Crippen LogP contribution in [0.3, 0.4) is 0 Å². The molecule has 0 aliphatic rings. The number of urea groups is 1. The van der Waals surface area contributed by atoms with Crippen molar-refractivity contribution < 1.29 is 19.1 Å². The quantitative estimate of drug-likeness (QED) is 0.402. The Morgan fingerprint density at radius 2 is 2.00 bits per heavy atom. The Hall–Kier alpha value is -3.07. The largest absolute Gasteiger partial charge is 0.493 e. The Bertz CT molecular complexity index is 843. The first kappa shape index (κ1) is 21.2. The summed E-state index contributed by atoms with van der Waals surface area (Å²) in [5, 5.41) is 6.50. The number of primary amides is 1. The molecule has 2 aromatic rings. The summed E-state index contributed by atoms with van der Waals surface area (Å²) >= 11 is 3.38. The van der Waals surface area contributed by atoms with E-state index in [0.717, 1.165) is 12.0 Å². The molecule has 0 saturated heterocycles. The number of carbonyl (C=O) groups is 2. The Balaban J connectivity index is 1.90. The predicted molar refractivity (Wildman–Crippen MR) is 110 cm³/mol. The van der Waals surface area contributed by atoms with Gasteiger partial charge in [-0.15, -0.1) is 0 Å². The Morgan fingerprint density at radius 3 is 2.68 bits per heavy atom. The van der Waals surface area contributed by atoms with Gasteiger partial charge in [0.25, 0.3) is 5.91 Å². The monoisotopic (exact) mass is 448 g/mol. The van der Waals surface area contributed by atoms with Gasteiger partial charge >= 0.3 is 6.03 Å². The van der Waals surface area contributed by atoms with Crippen LogP contribution in [0.25, 0.3) is 0 Å². The molecule has 2 rings (SSSR count). The zero-order valence-electron chi connectivity index (χ0n) is 15.3. The van der Waals surface area contributed by atoms with E-state index in [1.165, 1.54) is 13.3 Å². The first-order valence-corrected chi connectivity index (χ1v) is 9.18. The molecule has 9 heteroatoms. The third kappa shape index (κ3) is 6.92. The topological polar surface area (TPSA) is 115 Å². The molecule has 0 aliphatic heterocycles. The fourth-order valence-corrected chi connectivity index (χ4v) is 2.88. The molecule has 4 N–H and O–H groups in total. The summed E-state index contributed by atoms with van der Waals surface area (Å²) in [4.78, 5) is 22.7. The van der Waals surface area contributed by atoms with Crippen LogP contribution in [0.15, 0.2) is 52.0 Å². The van der Waals surface area contributed by atoms with Crippen molar-refractivity contribution in [3.63, 3.8) is 0 Å². The number of hydrogen-bond donors (Lipinski definition) is 3. The zero-order valence-corrected chi connectivity index (χ0v) is 16.9. The number of hydrazone groups is 1. The second-order valence-corrected chi connectivity index (χ2v) is 6.50. The summed E-state index contributed by atoms with van der Waals surface area (Å²) in [6, 6.07) is 12.5. The van der Waals surface area contributed by atoms with E-state index < -0.39 is 6.03 Å². The van der Waals surface area contributed by atoms with Crippen molar-refractivity contribution in [3.8, 4) is 11.5 Å². The van der Waals surface area contributed by atoms with Crippen LogP contribution in [0.5, 0.6) is 11.5 Å². The number of rotatable bonds is 9. The molecular weight excluding hydrogens is 428 g/mol. The molecule has 0 bridgehead atoms. The molecule has 148 valence electrons. The summed E-state index contributed by atoms with van der Waals surface area (Å²) in [6.45, 7) is 0.368. The molecular formula is C19H21BrN4O4. The summed E-state index contributed by atoms with van der Waals surface area (Å²) in [5.74, 6) is 0.564. The third-order valence-corrected chi connectivity index (χ3v) is 4.16. The maximum absolute atomic E-state index is 12.0. The highest BCUT2D eigenvalue weighted by Gasteiger charge is 2.13. The fourth-order valence-electron chi connectivity index (χ4n) is 2.30. The molecule has 0 fully saturated rings. The molecule has 0 aliphatic carbocycles. The Kier molecular flexibility index (Phi) is 8.29. The standard InChI is InChI=1S/C19H21BrN4O4/c1-27-16-10-14(11-23-24-19(21)26)9-15(20)18(16)28-12-17(25)22-8-7-13-5-3-2-4-6-13/h2-6,9-11H,7-8,12H2,1H3,(H,22,25)(H3,21,24,26). The molecule has 2 aromatic carbocycles. The molecule has 0 atom stereocenters. The summed E-state index contributed by atoms with van der Waals surface area (Å²) in [7, 11) is 1.48. The van der Waals surface area contributed by atoms with Gasteiger partial charge in [0.15, 0.2) is 18.1 Å². The molecule has 0 heterocycles. The lowest BCUT2D eigenvalue weighted by molar-refractivity contribution is -0.123. The number of nitrogens with one attached hydrogen (secondary N) is 2. The second-order valence-electron chi connectivity index (χ2n) is 5.64. The van der Waals surface area contributed by atoms with Crippen molar-refractivity contribution in [2.24, 2.45) is 10.8 Å². The number of carbonyl (C=O) groups excluding carboxylic acids is 2. The van der Waals surface area contributed by atoms with Crippen molar-refractivity contribution in [1.82, 2.24) is 10.7 Å². The fraction of sp³-hybridized carbons (Fsp3) is 0.211. The zero-order chi connectivity index (χ0) is 20.4. The number of methoxy groups -OCH3 is 1. The van der Waals surface area contributed by atoms with Crippen LogP contribution in [-0.2, 0) is 11.2 Å². The molecule has 0 saturated carbocycles. The number of nitrogens with zero attached hydrogens (tertiary/aromatic N) is 1. The number of benzene rings is 2. The minimum Gasteiger partial charge on any atom is -0.493 e. The summed E-state index contributed by atoms with van der Waals surface area (Å²) < 4.78 is 11.5. The SMILES string of the molecule is COc1cc(C=NNC(N)=O)cc(Br)c1OCC(=O)NCCc1ccccc1. The second kappa shape index (κ2) is 10.9. The average Bonchev–Trinajstić information content (AvgIpc) is 2.67. The molecule has 0 unspecified atom stereocenters. The highest BCUT2D eigenvalue weighted by atomic mass is 79.9. The van der Waals surface area contributed by atoms with Gasteiger partial charge in [-0.05, 0) is 45.6 Å². The van der Waals surface area contributed by atoms with Gasteiger partial charge in [0.05, 0.1) is 17.8 Å². The first-order valence-electron chi connectivity index (χ1n) is 8.39. The maximum Gasteiger partial charge on any atom is 0.332 e. The van der Waals surface area contributed by atoms with Gasteiger partial charge in [-0.1, -0.05) is 30.3 Å².